The molecule has 1 amide bonds. The van der Waals surface area contributed by atoms with Crippen LogP contribution in [0.3, 0.4) is 0 Å². The van der Waals surface area contributed by atoms with Gasteiger partial charge in [0, 0.05) is 16.4 Å². The van der Waals surface area contributed by atoms with Gasteiger partial charge in [0.1, 0.15) is 0 Å². The molecule has 0 bridgehead atoms. The van der Waals surface area contributed by atoms with Crippen molar-refractivity contribution in [3.8, 4) is 0 Å². The fourth-order valence-electron chi connectivity index (χ4n) is 2.11. The van der Waals surface area contributed by atoms with Crippen molar-refractivity contribution in [1.82, 2.24) is 10.6 Å². The summed E-state index contributed by atoms with van der Waals surface area (Å²) in [6.07, 6.45) is 2.62. The number of nitrogens with one attached hydrogen (secondary N) is 2. The Labute approximate surface area is 141 Å². The van der Waals surface area contributed by atoms with Crippen LogP contribution in [0, 0.1) is 5.92 Å². The normalized spacial score (nSPS) is 14.4. The molecule has 5 heteroatoms. The third-order valence-corrected chi connectivity index (χ3v) is 4.24. The highest BCUT2D eigenvalue weighted by molar-refractivity contribution is 9.10. The zero-order valence-electron chi connectivity index (χ0n) is 12.6. The predicted octanol–water partition coefficient (Wildman–Crippen LogP) is 3.26. The number of hydrogen-bond acceptors (Lipinski definition) is 2. The van der Waals surface area contributed by atoms with Crippen LogP contribution in [0.15, 0.2) is 28.7 Å². The van der Waals surface area contributed by atoms with E-state index in [0.29, 0.717) is 13.1 Å². The van der Waals surface area contributed by atoms with Crippen molar-refractivity contribution >= 4 is 34.2 Å². The summed E-state index contributed by atoms with van der Waals surface area (Å²) >= 11 is 3.49. The van der Waals surface area contributed by atoms with Crippen LogP contribution in [-0.2, 0) is 10.2 Å². The van der Waals surface area contributed by atoms with E-state index in [1.54, 1.807) is 0 Å². The Kier molecular flexibility index (Phi) is 7.17. The lowest BCUT2D eigenvalue weighted by atomic mass is 9.84. The molecule has 0 aliphatic heterocycles. The molecule has 1 aliphatic rings. The highest BCUT2D eigenvalue weighted by atomic mass is 79.9. The minimum absolute atomic E-state index is 0. The summed E-state index contributed by atoms with van der Waals surface area (Å²) < 4.78 is 1.07. The molecule has 0 atom stereocenters. The number of carbonyl (C=O) groups excluding carboxylic acids is 1. The maximum atomic E-state index is 11.8. The van der Waals surface area contributed by atoms with E-state index in [1.165, 1.54) is 18.4 Å². The van der Waals surface area contributed by atoms with Gasteiger partial charge in [0.05, 0.1) is 6.54 Å². The van der Waals surface area contributed by atoms with Crippen LogP contribution in [0.4, 0.5) is 0 Å². The monoisotopic (exact) mass is 374 g/mol. The van der Waals surface area contributed by atoms with Gasteiger partial charge in [-0.3, -0.25) is 4.79 Å². The molecule has 1 aliphatic carbocycles. The SMILES string of the molecule is CC(C)(CNC(=O)CNCC1CC1)c1cccc(Br)c1.Cl. The van der Waals surface area contributed by atoms with Gasteiger partial charge in [0.25, 0.3) is 0 Å². The maximum Gasteiger partial charge on any atom is 0.233 e. The fourth-order valence-corrected chi connectivity index (χ4v) is 2.50. The summed E-state index contributed by atoms with van der Waals surface area (Å²) in [6.45, 7) is 6.33. The van der Waals surface area contributed by atoms with Gasteiger partial charge in [-0.25, -0.2) is 0 Å². The summed E-state index contributed by atoms with van der Waals surface area (Å²) in [6, 6.07) is 8.25. The number of carbonyl (C=O) groups is 1. The maximum absolute atomic E-state index is 11.8. The van der Waals surface area contributed by atoms with Crippen molar-refractivity contribution in [2.75, 3.05) is 19.6 Å². The van der Waals surface area contributed by atoms with Crippen molar-refractivity contribution in [2.24, 2.45) is 5.92 Å². The van der Waals surface area contributed by atoms with E-state index in [4.69, 9.17) is 0 Å². The van der Waals surface area contributed by atoms with E-state index in [1.807, 2.05) is 12.1 Å². The van der Waals surface area contributed by atoms with Crippen LogP contribution in [0.25, 0.3) is 0 Å². The summed E-state index contributed by atoms with van der Waals surface area (Å²) in [5.74, 6) is 0.884. The van der Waals surface area contributed by atoms with E-state index < -0.39 is 0 Å². The molecule has 2 N–H and O–H groups in total. The third kappa shape index (κ3) is 6.37. The Bertz CT molecular complexity index is 475. The fraction of sp³-hybridized carbons (Fsp3) is 0.562. The molecule has 0 aromatic heterocycles. The van der Waals surface area contributed by atoms with E-state index in [0.717, 1.165) is 16.9 Å². The van der Waals surface area contributed by atoms with Crippen LogP contribution >= 0.6 is 28.3 Å². The second-order valence-electron chi connectivity index (χ2n) is 6.25. The number of amides is 1. The summed E-state index contributed by atoms with van der Waals surface area (Å²) in [5, 5.41) is 6.23. The first-order chi connectivity index (χ1) is 9.47. The summed E-state index contributed by atoms with van der Waals surface area (Å²) in [7, 11) is 0. The van der Waals surface area contributed by atoms with E-state index >= 15 is 0 Å². The second kappa shape index (κ2) is 8.16. The highest BCUT2D eigenvalue weighted by Crippen LogP contribution is 2.27. The van der Waals surface area contributed by atoms with Gasteiger partial charge in [-0.2, -0.15) is 0 Å². The number of benzene rings is 1. The molecule has 0 spiro atoms. The van der Waals surface area contributed by atoms with Crippen molar-refractivity contribution < 1.29 is 4.79 Å². The molecule has 0 heterocycles. The number of hydrogen-bond donors (Lipinski definition) is 2. The molecule has 0 unspecified atom stereocenters. The van der Waals surface area contributed by atoms with E-state index in [2.05, 4.69) is 52.5 Å². The first-order valence-electron chi connectivity index (χ1n) is 7.21. The standard InChI is InChI=1S/C16H23BrN2O.ClH/c1-16(2,13-4-3-5-14(17)8-13)11-19-15(20)10-18-9-12-6-7-12;/h3-5,8,12,18H,6-7,9-11H2,1-2H3,(H,19,20);1H. The molecule has 21 heavy (non-hydrogen) atoms. The lowest BCUT2D eigenvalue weighted by Gasteiger charge is -2.26. The zero-order valence-corrected chi connectivity index (χ0v) is 15.0. The second-order valence-corrected chi connectivity index (χ2v) is 7.16. The van der Waals surface area contributed by atoms with Gasteiger partial charge in [0.15, 0.2) is 0 Å². The van der Waals surface area contributed by atoms with Crippen molar-refractivity contribution in [3.05, 3.63) is 34.3 Å². The predicted molar refractivity (Wildman–Crippen MR) is 93.0 cm³/mol. The lowest BCUT2D eigenvalue weighted by Crippen LogP contribution is -2.41. The van der Waals surface area contributed by atoms with Crippen molar-refractivity contribution in [2.45, 2.75) is 32.1 Å². The van der Waals surface area contributed by atoms with Gasteiger partial charge in [-0.1, -0.05) is 41.9 Å². The summed E-state index contributed by atoms with van der Waals surface area (Å²) in [4.78, 5) is 11.8. The van der Waals surface area contributed by atoms with Crippen LogP contribution in [0.5, 0.6) is 0 Å². The minimum atomic E-state index is -0.0735. The first-order valence-corrected chi connectivity index (χ1v) is 8.00. The van der Waals surface area contributed by atoms with Crippen LogP contribution in [0.2, 0.25) is 0 Å². The first kappa shape index (κ1) is 18.5. The lowest BCUT2D eigenvalue weighted by molar-refractivity contribution is -0.120. The van der Waals surface area contributed by atoms with Crippen LogP contribution in [-0.4, -0.2) is 25.5 Å². The molecule has 1 fully saturated rings. The highest BCUT2D eigenvalue weighted by Gasteiger charge is 2.22. The van der Waals surface area contributed by atoms with Crippen molar-refractivity contribution in [1.29, 1.82) is 0 Å². The van der Waals surface area contributed by atoms with Gasteiger partial charge in [0.2, 0.25) is 5.91 Å². The average molecular weight is 376 g/mol. The topological polar surface area (TPSA) is 41.1 Å². The number of rotatable bonds is 7. The molecule has 2 rings (SSSR count). The Hall–Kier alpha value is -0.580. The molecule has 1 saturated carbocycles. The van der Waals surface area contributed by atoms with Gasteiger partial charge < -0.3 is 10.6 Å². The van der Waals surface area contributed by atoms with Gasteiger partial charge >= 0.3 is 0 Å². The Morgan fingerprint density at radius 3 is 2.71 bits per heavy atom. The quantitative estimate of drug-likeness (QED) is 0.768. The third-order valence-electron chi connectivity index (χ3n) is 3.75. The Morgan fingerprint density at radius 1 is 1.38 bits per heavy atom. The summed E-state index contributed by atoms with van der Waals surface area (Å²) in [5.41, 5.74) is 1.15. The molecule has 118 valence electrons. The van der Waals surface area contributed by atoms with E-state index in [9.17, 15) is 4.79 Å². The Balaban J connectivity index is 0.00000220. The zero-order chi connectivity index (χ0) is 14.6. The van der Waals surface area contributed by atoms with Crippen LogP contribution in [0.1, 0.15) is 32.3 Å². The molecule has 1 aromatic rings. The largest absolute Gasteiger partial charge is 0.354 e. The minimum Gasteiger partial charge on any atom is -0.354 e. The van der Waals surface area contributed by atoms with E-state index in [-0.39, 0.29) is 23.7 Å². The van der Waals surface area contributed by atoms with Gasteiger partial charge in [-0.15, -0.1) is 12.4 Å². The molecule has 0 saturated heterocycles. The number of halogens is 2. The molecule has 3 nitrogen and oxygen atoms in total. The van der Waals surface area contributed by atoms with Crippen LogP contribution < -0.4 is 10.6 Å². The molecule has 1 aromatic carbocycles. The molecular weight excluding hydrogens is 352 g/mol. The average Bonchev–Trinajstić information content (AvgIpc) is 3.21. The smallest absolute Gasteiger partial charge is 0.233 e. The molecular formula is C16H24BrClN2O. The van der Waals surface area contributed by atoms with Crippen molar-refractivity contribution in [3.63, 3.8) is 0 Å². The van der Waals surface area contributed by atoms with Gasteiger partial charge in [-0.05, 0) is 43.0 Å². The molecule has 0 radical (unpaired) electrons. The Morgan fingerprint density at radius 2 is 2.10 bits per heavy atom.